The monoisotopic (exact) mass is 686 g/mol. The van der Waals surface area contributed by atoms with Gasteiger partial charge in [0.05, 0.1) is 25.4 Å². The number of unbranched alkanes of at least 4 members (excludes halogenated alkanes) is 8. The van der Waals surface area contributed by atoms with Gasteiger partial charge >= 0.3 is 0 Å². The first-order chi connectivity index (χ1) is 24.4. The molecule has 2 heterocycles. The fourth-order valence-electron chi connectivity index (χ4n) is 7.12. The van der Waals surface area contributed by atoms with Gasteiger partial charge < -0.3 is 18.9 Å². The third-order valence-corrected chi connectivity index (χ3v) is 10.4. The topological polar surface area (TPSA) is 36.9 Å². The lowest BCUT2D eigenvalue weighted by atomic mass is 9.95. The van der Waals surface area contributed by atoms with E-state index in [4.69, 9.17) is 18.9 Å². The Labute approximate surface area is 298 Å². The first kappa shape index (κ1) is 38.1. The van der Waals surface area contributed by atoms with Crippen LogP contribution in [0, 0.1) is 23.5 Å². The van der Waals surface area contributed by atoms with Crippen LogP contribution in [0.1, 0.15) is 115 Å². The van der Waals surface area contributed by atoms with Crippen LogP contribution in [0.15, 0.2) is 86.0 Å². The van der Waals surface area contributed by atoms with Crippen molar-refractivity contribution >= 4 is 0 Å². The van der Waals surface area contributed by atoms with Gasteiger partial charge in [-0.15, -0.1) is 13.2 Å². The Bertz CT molecular complexity index is 1390. The Morgan fingerprint density at radius 1 is 0.580 bits per heavy atom. The molecule has 2 saturated heterocycles. The van der Waals surface area contributed by atoms with Crippen LogP contribution >= 0.6 is 0 Å². The Hall–Kier alpha value is -3.16. The highest BCUT2D eigenvalue weighted by Gasteiger charge is 2.31. The minimum atomic E-state index is -0.581. The highest BCUT2D eigenvalue weighted by molar-refractivity contribution is 5.71. The second kappa shape index (κ2) is 19.4. The summed E-state index contributed by atoms with van der Waals surface area (Å²) < 4.78 is 55.3. The fraction of sp³-hybridized carbons (Fsp3) is 0.500. The molecular weight excluding hydrogens is 630 g/mol. The normalized spacial score (nSPS) is 23.8. The van der Waals surface area contributed by atoms with Crippen LogP contribution in [0.5, 0.6) is 0 Å². The highest BCUT2D eigenvalue weighted by Crippen LogP contribution is 2.36. The second-order valence-electron chi connectivity index (χ2n) is 14.1. The summed E-state index contributed by atoms with van der Waals surface area (Å²) in [6.45, 7) is 13.0. The van der Waals surface area contributed by atoms with Gasteiger partial charge in [-0.05, 0) is 75.6 Å². The van der Waals surface area contributed by atoms with Gasteiger partial charge in [-0.2, -0.15) is 0 Å². The van der Waals surface area contributed by atoms with Crippen LogP contribution < -0.4 is 0 Å². The van der Waals surface area contributed by atoms with Crippen molar-refractivity contribution < 1.29 is 27.7 Å². The summed E-state index contributed by atoms with van der Waals surface area (Å²) in [5, 5.41) is 0. The van der Waals surface area contributed by atoms with Crippen molar-refractivity contribution in [1.29, 1.82) is 0 Å². The molecule has 2 fully saturated rings. The van der Waals surface area contributed by atoms with Gasteiger partial charge in [0, 0.05) is 34.1 Å². The van der Waals surface area contributed by atoms with Crippen LogP contribution in [0.4, 0.5) is 8.78 Å². The maximum atomic E-state index is 15.4. The van der Waals surface area contributed by atoms with E-state index in [1.54, 1.807) is 12.1 Å². The Balaban J connectivity index is 1.12. The summed E-state index contributed by atoms with van der Waals surface area (Å²) in [4.78, 5) is 0. The minimum Gasteiger partial charge on any atom is -0.348 e. The van der Waals surface area contributed by atoms with Gasteiger partial charge in [-0.25, -0.2) is 8.78 Å². The molecule has 6 atom stereocenters. The largest absolute Gasteiger partial charge is 0.348 e. The van der Waals surface area contributed by atoms with Crippen LogP contribution in [0.3, 0.4) is 0 Å². The molecule has 3 aromatic carbocycles. The molecule has 0 aromatic heterocycles. The molecule has 0 bridgehead atoms. The minimum absolute atomic E-state index is 0.0442. The lowest BCUT2D eigenvalue weighted by Crippen LogP contribution is -2.34. The molecule has 2 aliphatic heterocycles. The smallest absolute Gasteiger partial charge is 0.184 e. The number of rotatable bonds is 18. The van der Waals surface area contributed by atoms with Crippen molar-refractivity contribution in [3.8, 4) is 22.3 Å². The predicted octanol–water partition coefficient (Wildman–Crippen LogP) is 12.5. The van der Waals surface area contributed by atoms with E-state index in [0.29, 0.717) is 58.4 Å². The van der Waals surface area contributed by atoms with E-state index in [9.17, 15) is 0 Å². The van der Waals surface area contributed by atoms with Gasteiger partial charge in [-0.3, -0.25) is 0 Å². The molecule has 0 N–H and O–H groups in total. The molecule has 270 valence electrons. The van der Waals surface area contributed by atoms with Crippen LogP contribution in [0.2, 0.25) is 0 Å². The van der Waals surface area contributed by atoms with E-state index in [1.807, 2.05) is 48.6 Å². The molecule has 2 unspecified atom stereocenters. The van der Waals surface area contributed by atoms with E-state index in [1.165, 1.54) is 50.7 Å². The van der Waals surface area contributed by atoms with Crippen molar-refractivity contribution in [2.75, 3.05) is 13.2 Å². The molecule has 0 amide bonds. The van der Waals surface area contributed by atoms with Crippen molar-refractivity contribution in [2.45, 2.75) is 116 Å². The van der Waals surface area contributed by atoms with E-state index >= 15 is 8.78 Å². The van der Waals surface area contributed by atoms with Crippen LogP contribution in [-0.4, -0.2) is 25.4 Å². The zero-order valence-corrected chi connectivity index (χ0v) is 30.1. The maximum Gasteiger partial charge on any atom is 0.184 e. The van der Waals surface area contributed by atoms with Crippen molar-refractivity contribution in [3.63, 3.8) is 0 Å². The SMILES string of the molecule is C=CCCCCCC[C@@H]1CO[C@@H](c2ccc(-c3ccc(-c4ccc([C@@H]5OC[C@@H](CCCCCCC=C)C(C)O5)cc4F)cc3)c(F)c2)OC1C. The molecule has 0 radical (unpaired) electrons. The number of ether oxygens (including phenoxy) is 4. The van der Waals surface area contributed by atoms with Gasteiger partial charge in [0.1, 0.15) is 11.6 Å². The first-order valence-corrected chi connectivity index (χ1v) is 18.8. The Kier molecular flexibility index (Phi) is 14.8. The lowest BCUT2D eigenvalue weighted by Gasteiger charge is -2.35. The number of halogens is 2. The van der Waals surface area contributed by atoms with Gasteiger partial charge in [0.25, 0.3) is 0 Å². The maximum absolute atomic E-state index is 15.4. The van der Waals surface area contributed by atoms with E-state index in [2.05, 4.69) is 27.0 Å². The van der Waals surface area contributed by atoms with Gasteiger partial charge in [0.15, 0.2) is 12.6 Å². The van der Waals surface area contributed by atoms with Crippen molar-refractivity contribution in [2.24, 2.45) is 11.8 Å². The van der Waals surface area contributed by atoms with Gasteiger partial charge in [0.2, 0.25) is 0 Å². The van der Waals surface area contributed by atoms with Crippen molar-refractivity contribution in [3.05, 3.63) is 109 Å². The molecule has 50 heavy (non-hydrogen) atoms. The molecule has 0 saturated carbocycles. The van der Waals surface area contributed by atoms with E-state index < -0.39 is 12.6 Å². The third-order valence-electron chi connectivity index (χ3n) is 10.4. The molecule has 3 aromatic rings. The predicted molar refractivity (Wildman–Crippen MR) is 198 cm³/mol. The van der Waals surface area contributed by atoms with Crippen LogP contribution in [0.25, 0.3) is 22.3 Å². The fourth-order valence-corrected chi connectivity index (χ4v) is 7.12. The highest BCUT2D eigenvalue weighted by atomic mass is 19.1. The summed E-state index contributed by atoms with van der Waals surface area (Å²) in [7, 11) is 0. The summed E-state index contributed by atoms with van der Waals surface area (Å²) in [5.41, 5.74) is 3.72. The number of hydrogen-bond acceptors (Lipinski definition) is 4. The average molecular weight is 687 g/mol. The number of hydrogen-bond donors (Lipinski definition) is 0. The summed E-state index contributed by atoms with van der Waals surface area (Å²) >= 11 is 0. The lowest BCUT2D eigenvalue weighted by molar-refractivity contribution is -0.237. The zero-order valence-electron chi connectivity index (χ0n) is 30.1. The Morgan fingerprint density at radius 3 is 1.34 bits per heavy atom. The summed E-state index contributed by atoms with van der Waals surface area (Å²) in [6.07, 6.45) is 16.7. The molecule has 4 nitrogen and oxygen atoms in total. The van der Waals surface area contributed by atoms with E-state index in [-0.39, 0.29) is 23.8 Å². The molecular formula is C44H56F2O4. The zero-order chi connectivity index (χ0) is 35.3. The second-order valence-corrected chi connectivity index (χ2v) is 14.1. The summed E-state index contributed by atoms with van der Waals surface area (Å²) in [5.74, 6) is -0.00577. The third kappa shape index (κ3) is 10.4. The average Bonchev–Trinajstić information content (AvgIpc) is 3.12. The molecule has 0 spiro atoms. The molecule has 5 rings (SSSR count). The molecule has 2 aliphatic rings. The molecule has 0 aliphatic carbocycles. The van der Waals surface area contributed by atoms with Crippen molar-refractivity contribution in [1.82, 2.24) is 0 Å². The van der Waals surface area contributed by atoms with E-state index in [0.717, 1.165) is 38.5 Å². The molecule has 6 heteroatoms. The summed E-state index contributed by atoms with van der Waals surface area (Å²) in [6, 6.07) is 17.6. The number of benzene rings is 3. The first-order valence-electron chi connectivity index (χ1n) is 18.8. The Morgan fingerprint density at radius 2 is 0.980 bits per heavy atom. The van der Waals surface area contributed by atoms with Crippen LogP contribution in [-0.2, 0) is 18.9 Å². The quantitative estimate of drug-likeness (QED) is 0.0986. The standard InChI is InChI=1S/C44H56F2O4/c1-5-7-9-11-13-15-17-37-29-47-43(49-31(37)3)35-23-25-39(41(45)27-35)33-19-21-34(22-20-33)40-26-24-36(28-42(40)46)44-48-30-38(32(4)50-44)18-16-14-12-10-8-6-2/h5-6,19-28,31-32,37-38,43-44H,1-2,7-18,29-30H2,3-4H3/t31?,32?,37-,38-,43-,44-/m1/s1. The number of allylic oxidation sites excluding steroid dienone is 2. The van der Waals surface area contributed by atoms with Gasteiger partial charge in [-0.1, -0.05) is 99.2 Å².